The smallest absolute Gasteiger partial charge is 0.163 e. The Balaban J connectivity index is 1.59. The highest BCUT2D eigenvalue weighted by atomic mass is 16.1. The Hall–Kier alpha value is -3.00. The molecule has 0 aliphatic heterocycles. The molecule has 0 saturated carbocycles. The summed E-state index contributed by atoms with van der Waals surface area (Å²) in [5, 5.41) is 0. The van der Waals surface area contributed by atoms with Crippen molar-refractivity contribution in [1.82, 2.24) is 0 Å². The number of rotatable bonds is 9. The number of carbonyl (C=O) groups excluding carboxylic acids is 2. The Morgan fingerprint density at radius 3 is 1.97 bits per heavy atom. The molecule has 1 atom stereocenters. The zero-order chi connectivity index (χ0) is 20.6. The van der Waals surface area contributed by atoms with E-state index >= 15 is 0 Å². The van der Waals surface area contributed by atoms with Gasteiger partial charge in [0, 0.05) is 17.9 Å². The van der Waals surface area contributed by atoms with E-state index in [1.165, 1.54) is 11.1 Å². The number of benzene rings is 3. The molecule has 0 bridgehead atoms. The highest BCUT2D eigenvalue weighted by molar-refractivity contribution is 5.99. The summed E-state index contributed by atoms with van der Waals surface area (Å²) in [6, 6.07) is 26.3. The fourth-order valence-corrected chi connectivity index (χ4v) is 3.58. The third kappa shape index (κ3) is 5.99. The lowest BCUT2D eigenvalue weighted by atomic mass is 9.89. The van der Waals surface area contributed by atoms with Crippen molar-refractivity contribution in [3.63, 3.8) is 0 Å². The van der Waals surface area contributed by atoms with Crippen LogP contribution in [0, 0.1) is 12.8 Å². The van der Waals surface area contributed by atoms with E-state index in [0.29, 0.717) is 5.56 Å². The third-order valence-electron chi connectivity index (χ3n) is 5.46. The first kappa shape index (κ1) is 20.7. The predicted octanol–water partition coefficient (Wildman–Crippen LogP) is 6.46. The fraction of sp³-hybridized carbons (Fsp3) is 0.259. The van der Waals surface area contributed by atoms with Crippen LogP contribution in [0.15, 0.2) is 78.9 Å². The molecule has 3 aromatic rings. The molecule has 3 rings (SSSR count). The van der Waals surface area contributed by atoms with E-state index < -0.39 is 0 Å². The second-order valence-electron chi connectivity index (χ2n) is 7.76. The van der Waals surface area contributed by atoms with Gasteiger partial charge in [0.1, 0.15) is 5.78 Å². The van der Waals surface area contributed by atoms with Crippen molar-refractivity contribution in [2.24, 2.45) is 5.92 Å². The molecule has 0 amide bonds. The van der Waals surface area contributed by atoms with Crippen molar-refractivity contribution < 1.29 is 9.59 Å². The molecule has 29 heavy (non-hydrogen) atoms. The molecule has 3 aromatic carbocycles. The van der Waals surface area contributed by atoms with E-state index in [1.54, 1.807) is 6.92 Å². The monoisotopic (exact) mass is 384 g/mol. The van der Waals surface area contributed by atoms with E-state index in [0.717, 1.165) is 30.4 Å². The van der Waals surface area contributed by atoms with Gasteiger partial charge in [0.25, 0.3) is 0 Å². The number of ketones is 2. The first-order valence-electron chi connectivity index (χ1n) is 10.3. The summed E-state index contributed by atoms with van der Waals surface area (Å²) >= 11 is 0. The lowest BCUT2D eigenvalue weighted by molar-refractivity contribution is -0.120. The van der Waals surface area contributed by atoms with Crippen LogP contribution >= 0.6 is 0 Å². The van der Waals surface area contributed by atoms with Gasteiger partial charge in [-0.1, -0.05) is 84.4 Å². The number of carbonyl (C=O) groups is 2. The summed E-state index contributed by atoms with van der Waals surface area (Å²) in [6.45, 7) is 3.66. The average molecular weight is 385 g/mol. The highest BCUT2D eigenvalue weighted by Gasteiger charge is 2.19. The summed E-state index contributed by atoms with van der Waals surface area (Å²) in [4.78, 5) is 24.8. The van der Waals surface area contributed by atoms with E-state index in [2.05, 4.69) is 43.3 Å². The Kier molecular flexibility index (Phi) is 7.13. The number of hydrogen-bond acceptors (Lipinski definition) is 2. The van der Waals surface area contributed by atoms with E-state index in [1.807, 2.05) is 42.5 Å². The van der Waals surface area contributed by atoms with Crippen LogP contribution in [0.4, 0.5) is 0 Å². The van der Waals surface area contributed by atoms with Crippen LogP contribution in [0.25, 0.3) is 11.1 Å². The highest BCUT2D eigenvalue weighted by Crippen LogP contribution is 2.22. The molecule has 0 heterocycles. The Bertz CT molecular complexity index is 938. The van der Waals surface area contributed by atoms with Crippen LogP contribution in [-0.2, 0) is 11.2 Å². The van der Waals surface area contributed by atoms with Crippen LogP contribution in [-0.4, -0.2) is 11.6 Å². The molecule has 2 heteroatoms. The predicted molar refractivity (Wildman–Crippen MR) is 119 cm³/mol. The van der Waals surface area contributed by atoms with Gasteiger partial charge >= 0.3 is 0 Å². The lowest BCUT2D eigenvalue weighted by Gasteiger charge is -2.13. The number of hydrogen-bond donors (Lipinski definition) is 0. The molecule has 0 saturated heterocycles. The van der Waals surface area contributed by atoms with Crippen molar-refractivity contribution in [1.29, 1.82) is 0 Å². The Morgan fingerprint density at radius 2 is 1.38 bits per heavy atom. The summed E-state index contributed by atoms with van der Waals surface area (Å²) in [5.74, 6) is -0.0639. The minimum absolute atomic E-state index is 0.0420. The van der Waals surface area contributed by atoms with Gasteiger partial charge in [-0.05, 0) is 49.8 Å². The van der Waals surface area contributed by atoms with Gasteiger partial charge in [0.15, 0.2) is 5.78 Å². The molecule has 1 unspecified atom stereocenters. The van der Waals surface area contributed by atoms with Gasteiger partial charge < -0.3 is 0 Å². The largest absolute Gasteiger partial charge is 0.300 e. The normalized spacial score (nSPS) is 11.8. The quantitative estimate of drug-likeness (QED) is 0.397. The van der Waals surface area contributed by atoms with Crippen LogP contribution in [0.1, 0.15) is 47.7 Å². The second-order valence-corrected chi connectivity index (χ2v) is 7.76. The van der Waals surface area contributed by atoms with Gasteiger partial charge in [-0.25, -0.2) is 0 Å². The zero-order valence-corrected chi connectivity index (χ0v) is 17.2. The topological polar surface area (TPSA) is 34.1 Å². The third-order valence-corrected chi connectivity index (χ3v) is 5.46. The van der Waals surface area contributed by atoms with Crippen molar-refractivity contribution >= 4 is 11.6 Å². The first-order chi connectivity index (χ1) is 14.0. The Labute approximate surface area is 173 Å². The molecular formula is C27H28O2. The van der Waals surface area contributed by atoms with Crippen LogP contribution < -0.4 is 0 Å². The molecule has 148 valence electrons. The van der Waals surface area contributed by atoms with Crippen molar-refractivity contribution in [2.75, 3.05) is 0 Å². The number of aryl methyl sites for hydroxylation is 2. The van der Waals surface area contributed by atoms with Gasteiger partial charge in [-0.15, -0.1) is 0 Å². The van der Waals surface area contributed by atoms with Gasteiger partial charge in [-0.2, -0.15) is 0 Å². The van der Waals surface area contributed by atoms with Crippen LogP contribution in [0.2, 0.25) is 0 Å². The standard InChI is InChI=1S/C27H28O2/c1-20-11-13-23(14-12-20)24-15-17-25(18-16-24)27(29)19-26(21(2)28)10-6-9-22-7-4-3-5-8-22/h3-5,7-8,11-18,26H,6,9-10,19H2,1-2H3. The second kappa shape index (κ2) is 9.97. The molecule has 0 aliphatic rings. The maximum atomic E-state index is 12.7. The minimum Gasteiger partial charge on any atom is -0.300 e. The minimum atomic E-state index is -0.206. The van der Waals surface area contributed by atoms with Crippen LogP contribution in [0.3, 0.4) is 0 Å². The summed E-state index contributed by atoms with van der Waals surface area (Å²) in [5.41, 5.74) is 5.40. The summed E-state index contributed by atoms with van der Waals surface area (Å²) in [6.07, 6.45) is 2.88. The van der Waals surface area contributed by atoms with E-state index in [4.69, 9.17) is 0 Å². The van der Waals surface area contributed by atoms with Crippen molar-refractivity contribution in [3.8, 4) is 11.1 Å². The maximum absolute atomic E-state index is 12.7. The van der Waals surface area contributed by atoms with Crippen LogP contribution in [0.5, 0.6) is 0 Å². The molecule has 0 fully saturated rings. The molecular weight excluding hydrogens is 356 g/mol. The molecule has 0 aromatic heterocycles. The Morgan fingerprint density at radius 1 is 0.793 bits per heavy atom. The molecule has 0 N–H and O–H groups in total. The first-order valence-corrected chi connectivity index (χ1v) is 10.3. The number of Topliss-reactive ketones (excluding diaryl/α,β-unsaturated/α-hetero) is 2. The van der Waals surface area contributed by atoms with E-state index in [9.17, 15) is 9.59 Å². The van der Waals surface area contributed by atoms with E-state index in [-0.39, 0.29) is 23.9 Å². The molecule has 0 spiro atoms. The van der Waals surface area contributed by atoms with Crippen molar-refractivity contribution in [2.45, 2.75) is 39.5 Å². The molecule has 0 aliphatic carbocycles. The summed E-state index contributed by atoms with van der Waals surface area (Å²) in [7, 11) is 0. The lowest BCUT2D eigenvalue weighted by Crippen LogP contribution is -2.16. The van der Waals surface area contributed by atoms with Gasteiger partial charge in [0.05, 0.1) is 0 Å². The molecule has 2 nitrogen and oxygen atoms in total. The zero-order valence-electron chi connectivity index (χ0n) is 17.2. The average Bonchev–Trinajstić information content (AvgIpc) is 2.74. The maximum Gasteiger partial charge on any atom is 0.163 e. The summed E-state index contributed by atoms with van der Waals surface area (Å²) < 4.78 is 0. The SMILES string of the molecule is CC(=O)C(CCCc1ccccc1)CC(=O)c1ccc(-c2ccc(C)cc2)cc1. The van der Waals surface area contributed by atoms with Crippen molar-refractivity contribution in [3.05, 3.63) is 95.6 Å². The van der Waals surface area contributed by atoms with Gasteiger partial charge in [0.2, 0.25) is 0 Å². The van der Waals surface area contributed by atoms with Gasteiger partial charge in [-0.3, -0.25) is 9.59 Å². The molecule has 0 radical (unpaired) electrons. The fourth-order valence-electron chi connectivity index (χ4n) is 3.58.